The number of aryl methyl sites for hydroxylation is 1. The van der Waals surface area contributed by atoms with E-state index in [2.05, 4.69) is 23.0 Å². The fourth-order valence-electron chi connectivity index (χ4n) is 1.47. The van der Waals surface area contributed by atoms with Gasteiger partial charge in [-0.25, -0.2) is 9.97 Å². The number of aromatic nitrogens is 2. The fourth-order valence-corrected chi connectivity index (χ4v) is 2.30. The molecular formula is C12H15N3OS. The standard InChI is InChI=1S/C12H15N3OS/c1-3-16-7-12-14-9(6-11(13)15-12)10-5-4-8(2)17-10/h4-6H,3,7H2,1-2H3,(H2,13,14,15). The van der Waals surface area contributed by atoms with Crippen LogP contribution in [0.5, 0.6) is 0 Å². The highest BCUT2D eigenvalue weighted by atomic mass is 32.1. The van der Waals surface area contributed by atoms with E-state index in [1.165, 1.54) is 4.88 Å². The van der Waals surface area contributed by atoms with Crippen molar-refractivity contribution >= 4 is 17.2 Å². The summed E-state index contributed by atoms with van der Waals surface area (Å²) in [6.45, 7) is 5.06. The highest BCUT2D eigenvalue weighted by Crippen LogP contribution is 2.26. The number of hydrogen-bond acceptors (Lipinski definition) is 5. The summed E-state index contributed by atoms with van der Waals surface area (Å²) in [5.41, 5.74) is 6.64. The first-order valence-corrected chi connectivity index (χ1v) is 6.28. The van der Waals surface area contributed by atoms with Gasteiger partial charge in [0.05, 0.1) is 10.6 Å². The Morgan fingerprint density at radius 2 is 2.18 bits per heavy atom. The Morgan fingerprint density at radius 1 is 1.35 bits per heavy atom. The molecule has 0 saturated carbocycles. The molecule has 2 aromatic rings. The summed E-state index contributed by atoms with van der Waals surface area (Å²) in [6, 6.07) is 5.91. The van der Waals surface area contributed by atoms with Crippen LogP contribution < -0.4 is 5.73 Å². The second-order valence-corrected chi connectivity index (χ2v) is 4.93. The Bertz CT molecular complexity index is 510. The summed E-state index contributed by atoms with van der Waals surface area (Å²) in [6.07, 6.45) is 0. The maximum absolute atomic E-state index is 5.77. The molecule has 0 aliphatic heterocycles. The van der Waals surface area contributed by atoms with Crippen LogP contribution in [0, 0.1) is 6.92 Å². The molecule has 2 heterocycles. The van der Waals surface area contributed by atoms with E-state index in [0.29, 0.717) is 24.9 Å². The highest BCUT2D eigenvalue weighted by Gasteiger charge is 2.07. The maximum Gasteiger partial charge on any atom is 0.157 e. The fraction of sp³-hybridized carbons (Fsp3) is 0.333. The van der Waals surface area contributed by atoms with Gasteiger partial charge in [0.15, 0.2) is 5.82 Å². The first-order valence-electron chi connectivity index (χ1n) is 5.47. The van der Waals surface area contributed by atoms with Crippen molar-refractivity contribution in [3.05, 3.63) is 28.9 Å². The van der Waals surface area contributed by atoms with Crippen LogP contribution >= 0.6 is 11.3 Å². The third-order valence-electron chi connectivity index (χ3n) is 2.22. The summed E-state index contributed by atoms with van der Waals surface area (Å²) in [7, 11) is 0. The van der Waals surface area contributed by atoms with Crippen molar-refractivity contribution in [2.45, 2.75) is 20.5 Å². The largest absolute Gasteiger partial charge is 0.384 e. The van der Waals surface area contributed by atoms with Gasteiger partial charge in [-0.2, -0.15) is 0 Å². The van der Waals surface area contributed by atoms with Gasteiger partial charge in [0, 0.05) is 17.6 Å². The van der Waals surface area contributed by atoms with Gasteiger partial charge < -0.3 is 10.5 Å². The van der Waals surface area contributed by atoms with Gasteiger partial charge in [0.2, 0.25) is 0 Å². The average Bonchev–Trinajstić information content (AvgIpc) is 2.72. The summed E-state index contributed by atoms with van der Waals surface area (Å²) in [5.74, 6) is 1.11. The molecule has 0 radical (unpaired) electrons. The van der Waals surface area contributed by atoms with Crippen molar-refractivity contribution in [1.29, 1.82) is 0 Å². The minimum Gasteiger partial charge on any atom is -0.384 e. The van der Waals surface area contributed by atoms with Crippen molar-refractivity contribution in [3.63, 3.8) is 0 Å². The van der Waals surface area contributed by atoms with Gasteiger partial charge in [-0.05, 0) is 26.0 Å². The Labute approximate surface area is 104 Å². The zero-order valence-electron chi connectivity index (χ0n) is 9.93. The van der Waals surface area contributed by atoms with E-state index in [1.54, 1.807) is 17.4 Å². The van der Waals surface area contributed by atoms with Crippen LogP contribution in [0.1, 0.15) is 17.6 Å². The maximum atomic E-state index is 5.77. The predicted molar refractivity (Wildman–Crippen MR) is 69.8 cm³/mol. The van der Waals surface area contributed by atoms with Crippen LogP contribution in [-0.4, -0.2) is 16.6 Å². The third-order valence-corrected chi connectivity index (χ3v) is 3.24. The molecule has 0 saturated heterocycles. The first-order chi connectivity index (χ1) is 8.19. The second kappa shape index (κ2) is 5.25. The van der Waals surface area contributed by atoms with E-state index in [1.807, 2.05) is 13.0 Å². The molecule has 0 bridgehead atoms. The summed E-state index contributed by atoms with van der Waals surface area (Å²) in [4.78, 5) is 11.0. The van der Waals surface area contributed by atoms with Crippen LogP contribution in [-0.2, 0) is 11.3 Å². The summed E-state index contributed by atoms with van der Waals surface area (Å²) in [5, 5.41) is 0. The molecule has 2 aromatic heterocycles. The molecule has 17 heavy (non-hydrogen) atoms. The number of nitrogen functional groups attached to an aromatic ring is 1. The van der Waals surface area contributed by atoms with Crippen LogP contribution in [0.2, 0.25) is 0 Å². The van der Waals surface area contributed by atoms with Crippen molar-refractivity contribution in [2.75, 3.05) is 12.3 Å². The van der Waals surface area contributed by atoms with E-state index < -0.39 is 0 Å². The van der Waals surface area contributed by atoms with Crippen LogP contribution in [0.25, 0.3) is 10.6 Å². The normalized spacial score (nSPS) is 10.7. The number of nitrogens with two attached hydrogens (primary N) is 1. The number of ether oxygens (including phenoxy) is 1. The molecule has 2 rings (SSSR count). The van der Waals surface area contributed by atoms with E-state index in [4.69, 9.17) is 10.5 Å². The lowest BCUT2D eigenvalue weighted by Crippen LogP contribution is -2.03. The minimum atomic E-state index is 0.402. The van der Waals surface area contributed by atoms with Gasteiger partial charge in [-0.15, -0.1) is 11.3 Å². The van der Waals surface area contributed by atoms with Gasteiger partial charge in [0.25, 0.3) is 0 Å². The second-order valence-electron chi connectivity index (χ2n) is 3.64. The first kappa shape index (κ1) is 12.0. The average molecular weight is 249 g/mol. The SMILES string of the molecule is CCOCc1nc(N)cc(-c2ccc(C)s2)n1. The lowest BCUT2D eigenvalue weighted by Gasteiger charge is -2.04. The Balaban J connectivity index is 2.31. The van der Waals surface area contributed by atoms with Crippen LogP contribution in [0.15, 0.2) is 18.2 Å². The van der Waals surface area contributed by atoms with Crippen molar-refractivity contribution in [1.82, 2.24) is 9.97 Å². The molecule has 0 spiro atoms. The van der Waals surface area contributed by atoms with Crippen molar-refractivity contribution in [3.8, 4) is 10.6 Å². The molecular weight excluding hydrogens is 234 g/mol. The molecule has 0 atom stereocenters. The zero-order chi connectivity index (χ0) is 12.3. The monoisotopic (exact) mass is 249 g/mol. The molecule has 0 aromatic carbocycles. The van der Waals surface area contributed by atoms with E-state index in [0.717, 1.165) is 10.6 Å². The van der Waals surface area contributed by atoms with Crippen molar-refractivity contribution in [2.24, 2.45) is 0 Å². The lowest BCUT2D eigenvalue weighted by atomic mass is 10.3. The summed E-state index contributed by atoms with van der Waals surface area (Å²) >= 11 is 1.70. The van der Waals surface area contributed by atoms with Gasteiger partial charge in [-0.1, -0.05) is 0 Å². The van der Waals surface area contributed by atoms with Gasteiger partial charge in [-0.3, -0.25) is 0 Å². The Kier molecular flexibility index (Phi) is 3.71. The van der Waals surface area contributed by atoms with E-state index in [9.17, 15) is 0 Å². The molecule has 0 unspecified atom stereocenters. The Hall–Kier alpha value is -1.46. The Morgan fingerprint density at radius 3 is 2.82 bits per heavy atom. The predicted octanol–water partition coefficient (Wildman–Crippen LogP) is 2.63. The molecule has 0 amide bonds. The topological polar surface area (TPSA) is 61.0 Å². The molecule has 2 N–H and O–H groups in total. The number of rotatable bonds is 4. The molecule has 0 aliphatic carbocycles. The van der Waals surface area contributed by atoms with Crippen LogP contribution in [0.4, 0.5) is 5.82 Å². The molecule has 4 nitrogen and oxygen atoms in total. The zero-order valence-corrected chi connectivity index (χ0v) is 10.8. The number of anilines is 1. The van der Waals surface area contributed by atoms with Gasteiger partial charge in [0.1, 0.15) is 12.4 Å². The molecule has 90 valence electrons. The minimum absolute atomic E-state index is 0.402. The van der Waals surface area contributed by atoms with Crippen molar-refractivity contribution < 1.29 is 4.74 Å². The molecule has 0 fully saturated rings. The van der Waals surface area contributed by atoms with Gasteiger partial charge >= 0.3 is 0 Å². The smallest absolute Gasteiger partial charge is 0.157 e. The lowest BCUT2D eigenvalue weighted by molar-refractivity contribution is 0.128. The number of thiophene rings is 1. The number of nitrogens with zero attached hydrogens (tertiary/aromatic N) is 2. The molecule has 0 aliphatic rings. The van der Waals surface area contributed by atoms with Crippen LogP contribution in [0.3, 0.4) is 0 Å². The quantitative estimate of drug-likeness (QED) is 0.904. The summed E-state index contributed by atoms with van der Waals surface area (Å²) < 4.78 is 5.29. The van der Waals surface area contributed by atoms with E-state index >= 15 is 0 Å². The highest BCUT2D eigenvalue weighted by molar-refractivity contribution is 7.15. The number of hydrogen-bond donors (Lipinski definition) is 1. The van der Waals surface area contributed by atoms with E-state index in [-0.39, 0.29) is 0 Å². The molecule has 5 heteroatoms. The third kappa shape index (κ3) is 3.01.